The molecule has 0 bridgehead atoms. The monoisotopic (exact) mass is 818 g/mol. The van der Waals surface area contributed by atoms with Crippen molar-refractivity contribution in [2.24, 2.45) is 0 Å². The van der Waals surface area contributed by atoms with Crippen LogP contribution in [-0.2, 0) is 0 Å². The quantitative estimate of drug-likeness (QED) is 0.156. The van der Waals surface area contributed by atoms with E-state index >= 15 is 0 Å². The highest BCUT2D eigenvalue weighted by Gasteiger charge is 2.20. The fourth-order valence-corrected chi connectivity index (χ4v) is 9.72. The number of nitrogens with zero attached hydrogens (tertiary/aromatic N) is 2. The molecule has 64 heavy (non-hydrogen) atoms. The number of allylic oxidation sites excluding steroid dienone is 4. The van der Waals surface area contributed by atoms with Crippen LogP contribution in [0.5, 0.6) is 5.75 Å². The second-order valence-electron chi connectivity index (χ2n) is 16.5. The maximum atomic E-state index is 6.24. The van der Waals surface area contributed by atoms with Crippen LogP contribution in [0.1, 0.15) is 5.56 Å². The van der Waals surface area contributed by atoms with E-state index in [9.17, 15) is 0 Å². The normalized spacial score (nSPS) is 13.7. The summed E-state index contributed by atoms with van der Waals surface area (Å²) >= 11 is 0. The molecule has 11 aromatic rings. The van der Waals surface area contributed by atoms with Crippen LogP contribution in [-0.4, -0.2) is 11.2 Å². The Kier molecular flexibility index (Phi) is 9.05. The summed E-state index contributed by atoms with van der Waals surface area (Å²) < 4.78 is 8.63. The highest BCUT2D eigenvalue weighted by atomic mass is 16.5. The topological polar surface area (TPSA) is 17.4 Å². The predicted octanol–water partition coefficient (Wildman–Crippen LogP) is 16.6. The van der Waals surface area contributed by atoms with E-state index in [2.05, 4.69) is 228 Å². The SMILES string of the molecule is C=C1/C=C\C=C/COc2ccc(N(c3ccc(-c4ccc5c(c4)c4cc(-c6ccccc6)ccc4n5-c4ccccc4)cc3)c3ccc4c5ccccc5c5ccccc5c4c3)cc21. The van der Waals surface area contributed by atoms with Crippen molar-refractivity contribution in [3.63, 3.8) is 0 Å². The third-order valence-electron chi connectivity index (χ3n) is 12.8. The smallest absolute Gasteiger partial charge is 0.127 e. The molecular formula is C61H42N2O. The van der Waals surface area contributed by atoms with Crippen LogP contribution >= 0.6 is 0 Å². The van der Waals surface area contributed by atoms with E-state index < -0.39 is 0 Å². The first-order chi connectivity index (χ1) is 31.7. The molecule has 2 heterocycles. The van der Waals surface area contributed by atoms with E-state index in [-0.39, 0.29) is 0 Å². The van der Waals surface area contributed by atoms with Gasteiger partial charge in [0.15, 0.2) is 0 Å². The Morgan fingerprint density at radius 3 is 1.58 bits per heavy atom. The molecule has 0 aliphatic carbocycles. The van der Waals surface area contributed by atoms with Crippen LogP contribution in [0.25, 0.3) is 87.6 Å². The molecule has 10 aromatic carbocycles. The summed E-state index contributed by atoms with van der Waals surface area (Å²) in [4.78, 5) is 2.36. The molecule has 1 aromatic heterocycles. The summed E-state index contributed by atoms with van der Waals surface area (Å²) in [5.74, 6) is 0.816. The van der Waals surface area contributed by atoms with Gasteiger partial charge in [0, 0.05) is 39.1 Å². The number of para-hydroxylation sites is 1. The molecule has 0 spiro atoms. The molecule has 302 valence electrons. The van der Waals surface area contributed by atoms with Crippen molar-refractivity contribution in [2.45, 2.75) is 0 Å². The molecular weight excluding hydrogens is 777 g/mol. The molecule has 1 aliphatic heterocycles. The van der Waals surface area contributed by atoms with Gasteiger partial charge in [0.2, 0.25) is 0 Å². The predicted molar refractivity (Wildman–Crippen MR) is 272 cm³/mol. The maximum Gasteiger partial charge on any atom is 0.127 e. The summed E-state index contributed by atoms with van der Waals surface area (Å²) in [5.41, 5.74) is 13.2. The van der Waals surface area contributed by atoms with E-state index in [1.54, 1.807) is 0 Å². The van der Waals surface area contributed by atoms with E-state index in [1.807, 2.05) is 18.2 Å². The van der Waals surface area contributed by atoms with Gasteiger partial charge in [-0.15, -0.1) is 0 Å². The average molecular weight is 819 g/mol. The molecule has 3 nitrogen and oxygen atoms in total. The summed E-state index contributed by atoms with van der Waals surface area (Å²) in [6.45, 7) is 4.95. The molecule has 1 aliphatic rings. The van der Waals surface area contributed by atoms with Crippen LogP contribution < -0.4 is 9.64 Å². The molecule has 0 atom stereocenters. The highest BCUT2D eigenvalue weighted by Crippen LogP contribution is 2.44. The minimum Gasteiger partial charge on any atom is -0.489 e. The fraction of sp³-hybridized carbons (Fsp3) is 0.0164. The molecule has 0 saturated carbocycles. The molecule has 3 heteroatoms. The summed E-state index contributed by atoms with van der Waals surface area (Å²) in [5, 5.41) is 9.92. The van der Waals surface area contributed by atoms with Gasteiger partial charge in [-0.25, -0.2) is 0 Å². The van der Waals surface area contributed by atoms with E-state index in [0.717, 1.165) is 50.8 Å². The van der Waals surface area contributed by atoms with Gasteiger partial charge in [-0.05, 0) is 145 Å². The second-order valence-corrected chi connectivity index (χ2v) is 16.5. The lowest BCUT2D eigenvalue weighted by Crippen LogP contribution is -2.11. The number of anilines is 3. The summed E-state index contributed by atoms with van der Waals surface area (Å²) in [7, 11) is 0. The Morgan fingerprint density at radius 1 is 0.406 bits per heavy atom. The van der Waals surface area contributed by atoms with Gasteiger partial charge in [-0.3, -0.25) is 0 Å². The van der Waals surface area contributed by atoms with Gasteiger partial charge in [0.1, 0.15) is 12.4 Å². The number of hydrogen-bond acceptors (Lipinski definition) is 2. The first kappa shape index (κ1) is 37.4. The number of hydrogen-bond donors (Lipinski definition) is 0. The molecule has 0 saturated heterocycles. The van der Waals surface area contributed by atoms with Crippen molar-refractivity contribution < 1.29 is 4.74 Å². The number of aromatic nitrogens is 1. The zero-order valence-corrected chi connectivity index (χ0v) is 35.2. The Balaban J connectivity index is 1.01. The zero-order valence-electron chi connectivity index (χ0n) is 35.2. The summed E-state index contributed by atoms with van der Waals surface area (Å²) in [6, 6.07) is 75.0. The van der Waals surface area contributed by atoms with Crippen molar-refractivity contribution in [1.29, 1.82) is 0 Å². The lowest BCUT2D eigenvalue weighted by molar-refractivity contribution is 0.362. The average Bonchev–Trinajstić information content (AvgIpc) is 3.72. The summed E-state index contributed by atoms with van der Waals surface area (Å²) in [6.07, 6.45) is 8.11. The first-order valence-electron chi connectivity index (χ1n) is 21.9. The number of fused-ring (bicyclic) bond motifs is 10. The van der Waals surface area contributed by atoms with Crippen LogP contribution in [0.4, 0.5) is 17.1 Å². The Morgan fingerprint density at radius 2 is 0.922 bits per heavy atom. The van der Waals surface area contributed by atoms with E-state index in [1.165, 1.54) is 65.3 Å². The van der Waals surface area contributed by atoms with Crippen LogP contribution in [0.2, 0.25) is 0 Å². The first-order valence-corrected chi connectivity index (χ1v) is 21.9. The van der Waals surface area contributed by atoms with Crippen molar-refractivity contribution in [3.8, 4) is 33.7 Å². The minimum absolute atomic E-state index is 0.494. The van der Waals surface area contributed by atoms with Crippen LogP contribution in [0.15, 0.2) is 237 Å². The third-order valence-corrected chi connectivity index (χ3v) is 12.8. The lowest BCUT2D eigenvalue weighted by atomic mass is 9.94. The van der Waals surface area contributed by atoms with Gasteiger partial charge >= 0.3 is 0 Å². The lowest BCUT2D eigenvalue weighted by Gasteiger charge is -2.27. The zero-order chi connectivity index (χ0) is 42.6. The Bertz CT molecular complexity index is 3640. The largest absolute Gasteiger partial charge is 0.489 e. The van der Waals surface area contributed by atoms with Gasteiger partial charge in [0.25, 0.3) is 0 Å². The molecule has 0 unspecified atom stereocenters. The number of benzene rings is 10. The Labute approximate surface area is 372 Å². The molecule has 0 amide bonds. The van der Waals surface area contributed by atoms with Gasteiger partial charge < -0.3 is 14.2 Å². The molecule has 0 N–H and O–H groups in total. The van der Waals surface area contributed by atoms with Crippen LogP contribution in [0.3, 0.4) is 0 Å². The fourth-order valence-electron chi connectivity index (χ4n) is 9.72. The van der Waals surface area contributed by atoms with Gasteiger partial charge in [-0.1, -0.05) is 152 Å². The van der Waals surface area contributed by atoms with Crippen molar-refractivity contribution in [1.82, 2.24) is 4.57 Å². The van der Waals surface area contributed by atoms with Gasteiger partial charge in [-0.2, -0.15) is 0 Å². The number of rotatable bonds is 6. The minimum atomic E-state index is 0.494. The third kappa shape index (κ3) is 6.37. The molecule has 0 fully saturated rings. The van der Waals surface area contributed by atoms with E-state index in [4.69, 9.17) is 4.74 Å². The maximum absolute atomic E-state index is 6.24. The van der Waals surface area contributed by atoms with Crippen molar-refractivity contribution in [3.05, 3.63) is 243 Å². The van der Waals surface area contributed by atoms with Gasteiger partial charge in [0.05, 0.1) is 11.0 Å². The molecule has 12 rings (SSSR count). The Hall–Kier alpha value is -8.40. The molecule has 0 radical (unpaired) electrons. The number of ether oxygens (including phenoxy) is 1. The highest BCUT2D eigenvalue weighted by molar-refractivity contribution is 6.26. The van der Waals surface area contributed by atoms with Crippen LogP contribution in [0, 0.1) is 0 Å². The standard InChI is InChI=1S/C61H42N2O/c1-41-15-5-4-14-36-64-61-35-31-49(39-55(41)61)62(48-30-32-54-52-22-11-10-20-50(52)51-21-12-13-23-53(51)56(54)40-48)47-28-24-43(25-29-47)45-27-34-60-58(38-45)57-37-44(42-16-6-2-7-17-42)26-33-59(57)63(60)46-18-8-3-9-19-46/h2-35,37-40H,1,36H2/b14-4-,15-5-. The van der Waals surface area contributed by atoms with Crippen molar-refractivity contribution in [2.75, 3.05) is 11.5 Å². The second kappa shape index (κ2) is 15.5. The van der Waals surface area contributed by atoms with Crippen molar-refractivity contribution >= 4 is 76.8 Å². The van der Waals surface area contributed by atoms with E-state index in [0.29, 0.717) is 6.61 Å².